The summed E-state index contributed by atoms with van der Waals surface area (Å²) in [6.45, 7) is 11.4. The number of benzene rings is 1. The van der Waals surface area contributed by atoms with Gasteiger partial charge in [-0.3, -0.25) is 4.79 Å². The largest absolute Gasteiger partial charge is 0.414 e. The number of carbonyl (C=O) groups excluding carboxylic acids is 1. The normalized spacial score (nSPS) is 27.4. The van der Waals surface area contributed by atoms with Gasteiger partial charge in [-0.05, 0) is 61.5 Å². The van der Waals surface area contributed by atoms with E-state index in [-0.39, 0.29) is 35.0 Å². The van der Waals surface area contributed by atoms with E-state index in [1.54, 1.807) is 0 Å². The molecular formula is C21H32FNO2Si. The first-order valence-electron chi connectivity index (χ1n) is 9.83. The molecule has 0 bridgehead atoms. The number of halogens is 1. The lowest BCUT2D eigenvalue weighted by Gasteiger charge is -2.50. The van der Waals surface area contributed by atoms with E-state index in [1.807, 2.05) is 12.1 Å². The Labute approximate surface area is 158 Å². The summed E-state index contributed by atoms with van der Waals surface area (Å²) in [4.78, 5) is 14.7. The Morgan fingerprint density at radius 1 is 1.15 bits per heavy atom. The third-order valence-corrected chi connectivity index (χ3v) is 11.0. The van der Waals surface area contributed by atoms with Crippen LogP contribution in [0.3, 0.4) is 0 Å². The SMILES string of the molecule is CC(C)(C)[Si](C)(C)OC1CC(c2ccc(F)cc2)N2C(=O)CCC[C@@H]2C1. The number of hydrogen-bond acceptors (Lipinski definition) is 2. The first-order valence-corrected chi connectivity index (χ1v) is 12.7. The predicted octanol–water partition coefficient (Wildman–Crippen LogP) is 5.43. The highest BCUT2D eigenvalue weighted by Crippen LogP contribution is 2.44. The molecule has 1 aromatic carbocycles. The minimum atomic E-state index is -1.87. The van der Waals surface area contributed by atoms with Crippen LogP contribution >= 0.6 is 0 Å². The first-order chi connectivity index (χ1) is 12.1. The van der Waals surface area contributed by atoms with Crippen LogP contribution < -0.4 is 0 Å². The maximum atomic E-state index is 13.4. The summed E-state index contributed by atoms with van der Waals surface area (Å²) in [7, 11) is -1.87. The van der Waals surface area contributed by atoms with Crippen LogP contribution in [0.1, 0.15) is 64.5 Å². The second-order valence-corrected chi connectivity index (χ2v) is 14.1. The molecule has 144 valence electrons. The Kier molecular flexibility index (Phi) is 5.32. The van der Waals surface area contributed by atoms with E-state index in [0.29, 0.717) is 6.42 Å². The van der Waals surface area contributed by atoms with Crippen LogP contribution in [0.4, 0.5) is 4.39 Å². The van der Waals surface area contributed by atoms with Gasteiger partial charge < -0.3 is 9.33 Å². The Hall–Kier alpha value is -1.20. The molecule has 3 rings (SSSR count). The summed E-state index contributed by atoms with van der Waals surface area (Å²) in [5.74, 6) is 0.00139. The van der Waals surface area contributed by atoms with Crippen LogP contribution in [0.25, 0.3) is 0 Å². The molecule has 0 aliphatic carbocycles. The summed E-state index contributed by atoms with van der Waals surface area (Å²) < 4.78 is 20.1. The smallest absolute Gasteiger partial charge is 0.223 e. The number of hydrogen-bond donors (Lipinski definition) is 0. The minimum Gasteiger partial charge on any atom is -0.414 e. The van der Waals surface area contributed by atoms with Crippen molar-refractivity contribution in [3.05, 3.63) is 35.6 Å². The van der Waals surface area contributed by atoms with Crippen molar-refractivity contribution in [3.8, 4) is 0 Å². The zero-order valence-corrected chi connectivity index (χ0v) is 17.7. The molecule has 1 aromatic rings. The van der Waals surface area contributed by atoms with Crippen LogP contribution in [-0.4, -0.2) is 31.3 Å². The number of piperidine rings is 2. The Morgan fingerprint density at radius 3 is 2.42 bits per heavy atom. The average molecular weight is 378 g/mol. The van der Waals surface area contributed by atoms with E-state index in [2.05, 4.69) is 38.8 Å². The van der Waals surface area contributed by atoms with Crippen LogP contribution in [0.15, 0.2) is 24.3 Å². The van der Waals surface area contributed by atoms with E-state index in [0.717, 1.165) is 31.2 Å². The molecule has 2 heterocycles. The van der Waals surface area contributed by atoms with Crippen LogP contribution in [0, 0.1) is 5.82 Å². The van der Waals surface area contributed by atoms with Crippen molar-refractivity contribution < 1.29 is 13.6 Å². The van der Waals surface area contributed by atoms with Gasteiger partial charge in [0.15, 0.2) is 8.32 Å². The van der Waals surface area contributed by atoms with Crippen LogP contribution in [-0.2, 0) is 9.22 Å². The molecule has 0 spiro atoms. The van der Waals surface area contributed by atoms with Gasteiger partial charge in [0.1, 0.15) is 5.82 Å². The van der Waals surface area contributed by atoms with Crippen molar-refractivity contribution in [2.45, 2.75) is 89.2 Å². The van der Waals surface area contributed by atoms with Crippen molar-refractivity contribution in [2.24, 2.45) is 0 Å². The molecule has 3 atom stereocenters. The van der Waals surface area contributed by atoms with Gasteiger partial charge in [-0.2, -0.15) is 0 Å². The monoisotopic (exact) mass is 377 g/mol. The molecule has 2 unspecified atom stereocenters. The molecule has 0 N–H and O–H groups in total. The zero-order valence-electron chi connectivity index (χ0n) is 16.7. The van der Waals surface area contributed by atoms with Crippen molar-refractivity contribution in [2.75, 3.05) is 0 Å². The fourth-order valence-corrected chi connectivity index (χ4v) is 5.43. The van der Waals surface area contributed by atoms with Gasteiger partial charge in [-0.25, -0.2) is 4.39 Å². The Bertz CT molecular complexity index is 653. The molecule has 3 nitrogen and oxygen atoms in total. The molecule has 0 saturated carbocycles. The standard InChI is InChI=1S/C21H32FNO2Si/c1-21(2,3)26(4,5)25-18-13-17-7-6-8-20(24)23(17)19(14-18)15-9-11-16(22)12-10-15/h9-12,17-19H,6-8,13-14H2,1-5H3/t17-,18?,19?/m1/s1. The summed E-state index contributed by atoms with van der Waals surface area (Å²) in [5.41, 5.74) is 1.02. The predicted molar refractivity (Wildman–Crippen MR) is 105 cm³/mol. The molecule has 2 fully saturated rings. The topological polar surface area (TPSA) is 29.5 Å². The quantitative estimate of drug-likeness (QED) is 0.657. The lowest BCUT2D eigenvalue weighted by Crippen LogP contribution is -2.54. The van der Waals surface area contributed by atoms with E-state index in [1.165, 1.54) is 12.1 Å². The van der Waals surface area contributed by atoms with Gasteiger partial charge >= 0.3 is 0 Å². The number of amides is 1. The molecule has 26 heavy (non-hydrogen) atoms. The minimum absolute atomic E-state index is 0.00285. The maximum absolute atomic E-state index is 13.4. The van der Waals surface area contributed by atoms with Crippen molar-refractivity contribution in [3.63, 3.8) is 0 Å². The highest BCUT2D eigenvalue weighted by molar-refractivity contribution is 6.74. The lowest BCUT2D eigenvalue weighted by molar-refractivity contribution is -0.144. The second-order valence-electron chi connectivity index (χ2n) is 9.39. The van der Waals surface area contributed by atoms with E-state index in [4.69, 9.17) is 4.43 Å². The lowest BCUT2D eigenvalue weighted by atomic mass is 9.84. The second kappa shape index (κ2) is 7.08. The summed E-state index contributed by atoms with van der Waals surface area (Å²) in [6.07, 6.45) is 4.53. The molecular weight excluding hydrogens is 345 g/mol. The van der Waals surface area contributed by atoms with Crippen LogP contribution in [0.5, 0.6) is 0 Å². The fraction of sp³-hybridized carbons (Fsp3) is 0.667. The molecule has 0 radical (unpaired) electrons. The third-order valence-electron chi connectivity index (χ3n) is 6.49. The molecule has 2 aliphatic rings. The Morgan fingerprint density at radius 2 is 1.81 bits per heavy atom. The molecule has 5 heteroatoms. The summed E-state index contributed by atoms with van der Waals surface area (Å²) in [5, 5.41) is 0.165. The summed E-state index contributed by atoms with van der Waals surface area (Å²) in [6, 6.07) is 6.89. The average Bonchev–Trinajstić information content (AvgIpc) is 2.53. The highest BCUT2D eigenvalue weighted by atomic mass is 28.4. The van der Waals surface area contributed by atoms with Crippen LogP contribution in [0.2, 0.25) is 18.1 Å². The molecule has 0 aromatic heterocycles. The molecule has 2 saturated heterocycles. The Balaban J connectivity index is 1.87. The van der Waals surface area contributed by atoms with E-state index in [9.17, 15) is 9.18 Å². The van der Waals surface area contributed by atoms with Gasteiger partial charge in [-0.1, -0.05) is 32.9 Å². The maximum Gasteiger partial charge on any atom is 0.223 e. The fourth-order valence-electron chi connectivity index (χ4n) is 4.05. The van der Waals surface area contributed by atoms with Crippen molar-refractivity contribution in [1.82, 2.24) is 4.90 Å². The van der Waals surface area contributed by atoms with Gasteiger partial charge in [0.2, 0.25) is 5.91 Å². The number of carbonyl (C=O) groups is 1. The molecule has 1 amide bonds. The number of rotatable bonds is 3. The molecule has 2 aliphatic heterocycles. The first kappa shape index (κ1) is 19.6. The van der Waals surface area contributed by atoms with Gasteiger partial charge in [0, 0.05) is 18.6 Å². The highest BCUT2D eigenvalue weighted by Gasteiger charge is 2.45. The van der Waals surface area contributed by atoms with Crippen molar-refractivity contribution >= 4 is 14.2 Å². The number of nitrogens with zero attached hydrogens (tertiary/aromatic N) is 1. The van der Waals surface area contributed by atoms with Gasteiger partial charge in [0.05, 0.1) is 6.04 Å². The van der Waals surface area contributed by atoms with E-state index < -0.39 is 8.32 Å². The van der Waals surface area contributed by atoms with Gasteiger partial charge in [0.25, 0.3) is 0 Å². The van der Waals surface area contributed by atoms with Crippen molar-refractivity contribution in [1.29, 1.82) is 0 Å². The number of fused-ring (bicyclic) bond motifs is 1. The van der Waals surface area contributed by atoms with Gasteiger partial charge in [-0.15, -0.1) is 0 Å². The van der Waals surface area contributed by atoms with E-state index >= 15 is 0 Å². The third kappa shape index (κ3) is 3.89. The zero-order chi connectivity index (χ0) is 19.1. The summed E-state index contributed by atoms with van der Waals surface area (Å²) >= 11 is 0.